The lowest BCUT2D eigenvalue weighted by atomic mass is 9.70. The molecule has 2 aromatic heterocycles. The second-order valence-electron chi connectivity index (χ2n) is 9.55. The van der Waals surface area contributed by atoms with E-state index >= 15 is 0 Å². The van der Waals surface area contributed by atoms with Crippen LogP contribution in [0.3, 0.4) is 0 Å². The molecule has 0 saturated heterocycles. The second kappa shape index (κ2) is 10.7. The Morgan fingerprint density at radius 3 is 2.58 bits per heavy atom. The number of carbonyl (C=O) groups excluding carboxylic acids is 2. The van der Waals surface area contributed by atoms with Crippen LogP contribution in [0.2, 0.25) is 0 Å². The summed E-state index contributed by atoms with van der Waals surface area (Å²) in [6.45, 7) is 4.01. The number of amides is 1. The molecule has 0 aliphatic heterocycles. The van der Waals surface area contributed by atoms with Gasteiger partial charge in [-0.15, -0.1) is 11.3 Å². The van der Waals surface area contributed by atoms with Crippen molar-refractivity contribution in [3.05, 3.63) is 111 Å². The smallest absolute Gasteiger partial charge is 0.341 e. The average Bonchev–Trinajstić information content (AvgIpc) is 3.54. The monoisotopic (exact) mass is 524 g/mol. The molecule has 0 saturated carbocycles. The van der Waals surface area contributed by atoms with Crippen LogP contribution < -0.4 is 5.32 Å². The number of carbonyl (C=O) groups is 2. The summed E-state index contributed by atoms with van der Waals surface area (Å²) in [5.41, 5.74) is 3.78. The van der Waals surface area contributed by atoms with E-state index in [0.717, 1.165) is 21.6 Å². The van der Waals surface area contributed by atoms with E-state index in [9.17, 15) is 14.9 Å². The van der Waals surface area contributed by atoms with Crippen molar-refractivity contribution in [3.63, 3.8) is 0 Å². The number of nitrogens with zero attached hydrogens (tertiary/aromatic N) is 1. The van der Waals surface area contributed by atoms with Crippen LogP contribution >= 0.6 is 11.3 Å². The first kappa shape index (κ1) is 25.5. The second-order valence-corrected chi connectivity index (χ2v) is 10.7. The molecule has 1 amide bonds. The average molecular weight is 525 g/mol. The summed E-state index contributed by atoms with van der Waals surface area (Å²) in [6, 6.07) is 23.9. The van der Waals surface area contributed by atoms with Crippen LogP contribution in [0.15, 0.2) is 71.1 Å². The third-order valence-corrected chi connectivity index (χ3v) is 8.13. The van der Waals surface area contributed by atoms with Crippen molar-refractivity contribution in [2.24, 2.45) is 0 Å². The molecule has 1 atom stereocenters. The van der Waals surface area contributed by atoms with Crippen molar-refractivity contribution in [1.29, 1.82) is 5.26 Å². The van der Waals surface area contributed by atoms with Crippen molar-refractivity contribution < 1.29 is 18.7 Å². The van der Waals surface area contributed by atoms with E-state index in [0.29, 0.717) is 42.0 Å². The molecule has 1 N–H and O–H groups in total. The van der Waals surface area contributed by atoms with E-state index in [1.165, 1.54) is 16.9 Å². The minimum Gasteiger partial charge on any atom is -0.462 e. The number of hydrogen-bond acceptors (Lipinski definition) is 6. The number of aryl methyl sites for hydroxylation is 1. The van der Waals surface area contributed by atoms with Crippen LogP contribution in [0, 0.1) is 18.3 Å². The Bertz CT molecular complexity index is 1510. The van der Waals surface area contributed by atoms with E-state index in [1.54, 1.807) is 19.1 Å². The highest BCUT2D eigenvalue weighted by Crippen LogP contribution is 2.45. The molecule has 6 nitrogen and oxygen atoms in total. The lowest BCUT2D eigenvalue weighted by molar-refractivity contribution is 0.0526. The van der Waals surface area contributed by atoms with Gasteiger partial charge >= 0.3 is 5.97 Å². The molecule has 0 bridgehead atoms. The zero-order chi connectivity index (χ0) is 26.7. The number of thiophene rings is 1. The topological polar surface area (TPSA) is 92.3 Å². The van der Waals surface area contributed by atoms with Crippen LogP contribution in [0.25, 0.3) is 0 Å². The highest BCUT2D eigenvalue weighted by atomic mass is 32.1. The molecule has 0 radical (unpaired) electrons. The van der Waals surface area contributed by atoms with E-state index in [1.807, 2.05) is 61.5 Å². The number of benzene rings is 2. The molecule has 2 heterocycles. The fourth-order valence-corrected chi connectivity index (χ4v) is 6.30. The van der Waals surface area contributed by atoms with Gasteiger partial charge in [0.15, 0.2) is 5.76 Å². The van der Waals surface area contributed by atoms with Crippen LogP contribution in [0.4, 0.5) is 5.00 Å². The number of anilines is 1. The van der Waals surface area contributed by atoms with E-state index in [2.05, 4.69) is 11.4 Å². The van der Waals surface area contributed by atoms with Crippen molar-refractivity contribution in [3.8, 4) is 6.07 Å². The number of nitrogens with one attached hydrogen (secondary N) is 1. The van der Waals surface area contributed by atoms with Gasteiger partial charge in [-0.3, -0.25) is 4.79 Å². The first-order valence-corrected chi connectivity index (χ1v) is 13.5. The van der Waals surface area contributed by atoms with Crippen LogP contribution in [-0.4, -0.2) is 18.5 Å². The number of furan rings is 1. The molecule has 4 aromatic rings. The SMILES string of the molecule is CCOC(=O)c1c(NC(=O)c2ccc(Cc3ccc(C)cc3)o2)sc2c1CC[C@@](C#N)(c1ccccc1)C2. The van der Waals surface area contributed by atoms with Gasteiger partial charge in [0.2, 0.25) is 0 Å². The summed E-state index contributed by atoms with van der Waals surface area (Å²) in [6.07, 6.45) is 2.17. The maximum atomic E-state index is 13.2. The maximum Gasteiger partial charge on any atom is 0.341 e. The number of ether oxygens (including phenoxy) is 1. The highest BCUT2D eigenvalue weighted by Gasteiger charge is 2.40. The fraction of sp³-hybridized carbons (Fsp3) is 0.258. The first-order chi connectivity index (χ1) is 18.4. The zero-order valence-corrected chi connectivity index (χ0v) is 22.2. The minimum absolute atomic E-state index is 0.170. The van der Waals surface area contributed by atoms with Crippen molar-refractivity contribution in [2.75, 3.05) is 11.9 Å². The predicted molar refractivity (Wildman–Crippen MR) is 147 cm³/mol. The number of rotatable bonds is 7. The molecule has 0 fully saturated rings. The van der Waals surface area contributed by atoms with E-state index < -0.39 is 17.3 Å². The Kier molecular flexibility index (Phi) is 7.17. The van der Waals surface area contributed by atoms with Crippen LogP contribution in [0.5, 0.6) is 0 Å². The molecule has 1 aliphatic rings. The Hall–Kier alpha value is -4.15. The molecule has 38 heavy (non-hydrogen) atoms. The van der Waals surface area contributed by atoms with Crippen LogP contribution in [-0.2, 0) is 29.4 Å². The molecular formula is C31H28N2O4S. The summed E-state index contributed by atoms with van der Waals surface area (Å²) < 4.78 is 11.2. The molecule has 7 heteroatoms. The van der Waals surface area contributed by atoms with Gasteiger partial charge in [0.1, 0.15) is 10.8 Å². The summed E-state index contributed by atoms with van der Waals surface area (Å²) >= 11 is 1.34. The summed E-state index contributed by atoms with van der Waals surface area (Å²) in [5, 5.41) is 13.5. The summed E-state index contributed by atoms with van der Waals surface area (Å²) in [4.78, 5) is 27.1. The van der Waals surface area contributed by atoms with Crippen LogP contribution in [0.1, 0.15) is 67.1 Å². The lowest BCUT2D eigenvalue weighted by Crippen LogP contribution is -2.31. The van der Waals surface area contributed by atoms with Crippen molar-refractivity contribution in [2.45, 2.75) is 44.9 Å². The van der Waals surface area contributed by atoms with E-state index in [-0.39, 0.29) is 12.4 Å². The molecule has 1 aliphatic carbocycles. The minimum atomic E-state index is -0.682. The number of nitriles is 1. The van der Waals surface area contributed by atoms with Crippen molar-refractivity contribution >= 4 is 28.2 Å². The van der Waals surface area contributed by atoms with Gasteiger partial charge in [0.05, 0.1) is 23.7 Å². The fourth-order valence-electron chi connectivity index (χ4n) is 4.96. The quantitative estimate of drug-likeness (QED) is 0.274. The number of esters is 1. The van der Waals surface area contributed by atoms with Gasteiger partial charge in [0.25, 0.3) is 5.91 Å². The molecular weight excluding hydrogens is 496 g/mol. The first-order valence-electron chi connectivity index (χ1n) is 12.7. The standard InChI is InChI=1S/C31H28N2O4S/c1-3-36-30(35)27-24-15-16-31(19-32,22-7-5-4-6-8-22)18-26(24)38-29(27)33-28(34)25-14-13-23(37-25)17-21-11-9-20(2)10-12-21/h4-14H,3,15-18H2,1-2H3,(H,33,34)/t31-/m1/s1. The molecule has 0 spiro atoms. The Balaban J connectivity index is 1.41. The Labute approximate surface area is 225 Å². The third kappa shape index (κ3) is 5.00. The Morgan fingerprint density at radius 1 is 1.11 bits per heavy atom. The lowest BCUT2D eigenvalue weighted by Gasteiger charge is -2.31. The molecule has 192 valence electrons. The summed E-state index contributed by atoms with van der Waals surface area (Å²) in [7, 11) is 0. The summed E-state index contributed by atoms with van der Waals surface area (Å²) in [5.74, 6) is -0.0522. The normalized spacial score (nSPS) is 16.3. The van der Waals surface area contributed by atoms with Gasteiger partial charge in [0, 0.05) is 17.7 Å². The van der Waals surface area contributed by atoms with Gasteiger partial charge in [-0.1, -0.05) is 60.2 Å². The molecule has 0 unspecified atom stereocenters. The third-order valence-electron chi connectivity index (χ3n) is 6.99. The Morgan fingerprint density at radius 2 is 1.87 bits per heavy atom. The van der Waals surface area contributed by atoms with Gasteiger partial charge in [-0.25, -0.2) is 4.79 Å². The highest BCUT2D eigenvalue weighted by molar-refractivity contribution is 7.17. The zero-order valence-electron chi connectivity index (χ0n) is 21.4. The van der Waals surface area contributed by atoms with Gasteiger partial charge in [-0.2, -0.15) is 5.26 Å². The van der Waals surface area contributed by atoms with E-state index in [4.69, 9.17) is 9.15 Å². The number of fused-ring (bicyclic) bond motifs is 1. The maximum absolute atomic E-state index is 13.2. The predicted octanol–water partition coefficient (Wildman–Crippen LogP) is 6.62. The van der Waals surface area contributed by atoms with Crippen molar-refractivity contribution in [1.82, 2.24) is 0 Å². The number of hydrogen-bond donors (Lipinski definition) is 1. The molecule has 5 rings (SSSR count). The van der Waals surface area contributed by atoms with Gasteiger partial charge in [-0.05, 0) is 55.5 Å². The largest absolute Gasteiger partial charge is 0.462 e. The van der Waals surface area contributed by atoms with Gasteiger partial charge < -0.3 is 14.5 Å². The molecule has 2 aromatic carbocycles.